The van der Waals surface area contributed by atoms with E-state index in [4.69, 9.17) is 0 Å². The van der Waals surface area contributed by atoms with Gasteiger partial charge in [0.15, 0.2) is 0 Å². The van der Waals surface area contributed by atoms with Crippen LogP contribution in [0.1, 0.15) is 33.0 Å². The normalized spacial score (nSPS) is 17.7. The topological polar surface area (TPSA) is 43.8 Å². The maximum Gasteiger partial charge on any atom is 0.264 e. The highest BCUT2D eigenvalue weighted by Gasteiger charge is 2.25. The number of para-hydroxylation sites is 2. The van der Waals surface area contributed by atoms with E-state index in [1.54, 1.807) is 17.4 Å². The molecule has 4 nitrogen and oxygen atoms in total. The summed E-state index contributed by atoms with van der Waals surface area (Å²) < 4.78 is 0. The fourth-order valence-electron chi connectivity index (χ4n) is 3.63. The highest BCUT2D eigenvalue weighted by atomic mass is 32.1. The van der Waals surface area contributed by atoms with Crippen molar-refractivity contribution in [1.29, 1.82) is 0 Å². The maximum absolute atomic E-state index is 12.8. The molecule has 0 radical (unpaired) electrons. The van der Waals surface area contributed by atoms with Crippen LogP contribution in [0.4, 0.5) is 5.69 Å². The zero-order valence-electron chi connectivity index (χ0n) is 13.7. The fourth-order valence-corrected chi connectivity index (χ4v) is 4.86. The summed E-state index contributed by atoms with van der Waals surface area (Å²) >= 11 is 1.69. The summed E-state index contributed by atoms with van der Waals surface area (Å²) in [6, 6.07) is 9.53. The predicted octanol–water partition coefficient (Wildman–Crippen LogP) is 3.29. The Morgan fingerprint density at radius 2 is 1.79 bits per heavy atom. The second kappa shape index (κ2) is 6.48. The number of carbonyl (C=O) groups is 1. The molecule has 5 heteroatoms. The molecule has 1 saturated heterocycles. The van der Waals surface area contributed by atoms with Gasteiger partial charge in [-0.1, -0.05) is 12.1 Å². The molecular formula is C19H22N2O2S. The highest BCUT2D eigenvalue weighted by Crippen LogP contribution is 2.31. The lowest BCUT2D eigenvalue weighted by atomic mass is 9.99. The maximum atomic E-state index is 12.8. The lowest BCUT2D eigenvalue weighted by molar-refractivity contribution is 0.0751. The van der Waals surface area contributed by atoms with Crippen LogP contribution in [-0.4, -0.2) is 42.1 Å². The summed E-state index contributed by atoms with van der Waals surface area (Å²) in [7, 11) is 0. The van der Waals surface area contributed by atoms with E-state index >= 15 is 0 Å². The monoisotopic (exact) mass is 342 g/mol. The van der Waals surface area contributed by atoms with Gasteiger partial charge in [-0.3, -0.25) is 4.79 Å². The molecular weight excluding hydrogens is 320 g/mol. The SMILES string of the molecule is O=C(c1cc2c(s1)CCCC2)N1CCN(c2ccccc2O)CC1. The van der Waals surface area contributed by atoms with E-state index in [0.717, 1.165) is 36.5 Å². The molecule has 1 fully saturated rings. The van der Waals surface area contributed by atoms with E-state index in [1.807, 2.05) is 23.1 Å². The molecule has 0 atom stereocenters. The van der Waals surface area contributed by atoms with Gasteiger partial charge in [-0.25, -0.2) is 0 Å². The van der Waals surface area contributed by atoms with Crippen LogP contribution < -0.4 is 4.90 Å². The standard InChI is InChI=1S/C19H22N2O2S/c22-16-7-3-2-6-15(16)20-9-11-21(12-10-20)19(23)18-13-14-5-1-4-8-17(14)24-18/h2-3,6-7,13,22H,1,4-5,8-12H2. The number of hydrogen-bond donors (Lipinski definition) is 1. The quantitative estimate of drug-likeness (QED) is 0.911. The zero-order valence-corrected chi connectivity index (χ0v) is 14.5. The van der Waals surface area contributed by atoms with Crippen molar-refractivity contribution in [2.75, 3.05) is 31.1 Å². The van der Waals surface area contributed by atoms with Gasteiger partial charge < -0.3 is 14.9 Å². The van der Waals surface area contributed by atoms with Crippen LogP contribution in [0.3, 0.4) is 0 Å². The van der Waals surface area contributed by atoms with E-state index in [9.17, 15) is 9.90 Å². The highest BCUT2D eigenvalue weighted by molar-refractivity contribution is 7.14. The smallest absolute Gasteiger partial charge is 0.264 e. The van der Waals surface area contributed by atoms with Crippen LogP contribution in [0, 0.1) is 0 Å². The molecule has 24 heavy (non-hydrogen) atoms. The Labute approximate surface area is 146 Å². The first-order valence-corrected chi connectivity index (χ1v) is 9.48. The number of carbonyl (C=O) groups excluding carboxylic acids is 1. The van der Waals surface area contributed by atoms with Crippen molar-refractivity contribution in [3.8, 4) is 5.75 Å². The first kappa shape index (κ1) is 15.5. The molecule has 1 aromatic carbocycles. The number of phenols is 1. The Bertz CT molecular complexity index is 724. The summed E-state index contributed by atoms with van der Waals surface area (Å²) in [5.74, 6) is 0.481. The van der Waals surface area contributed by atoms with Crippen molar-refractivity contribution in [3.05, 3.63) is 45.6 Å². The molecule has 126 valence electrons. The number of aromatic hydroxyl groups is 1. The van der Waals surface area contributed by atoms with Crippen LogP contribution in [0.25, 0.3) is 0 Å². The summed E-state index contributed by atoms with van der Waals surface area (Å²) in [5, 5.41) is 9.99. The third kappa shape index (κ3) is 2.88. The van der Waals surface area contributed by atoms with Gasteiger partial charge in [0.25, 0.3) is 5.91 Å². The van der Waals surface area contributed by atoms with Crippen molar-refractivity contribution >= 4 is 22.9 Å². The number of phenolic OH excluding ortho intramolecular Hbond substituents is 1. The predicted molar refractivity (Wildman–Crippen MR) is 97.2 cm³/mol. The van der Waals surface area contributed by atoms with E-state index in [1.165, 1.54) is 23.3 Å². The number of amides is 1. The van der Waals surface area contributed by atoms with Crippen molar-refractivity contribution < 1.29 is 9.90 Å². The number of piperazine rings is 1. The molecule has 2 heterocycles. The summed E-state index contributed by atoms with van der Waals surface area (Å²) in [6.45, 7) is 2.92. The second-order valence-electron chi connectivity index (χ2n) is 6.53. The Kier molecular flexibility index (Phi) is 4.19. The molecule has 1 amide bonds. The molecule has 0 saturated carbocycles. The lowest BCUT2D eigenvalue weighted by Gasteiger charge is -2.36. The summed E-state index contributed by atoms with van der Waals surface area (Å²) in [4.78, 5) is 19.2. The molecule has 1 aliphatic heterocycles. The summed E-state index contributed by atoms with van der Waals surface area (Å²) in [6.07, 6.45) is 4.76. The number of benzene rings is 1. The average Bonchev–Trinajstić information content (AvgIpc) is 3.06. The van der Waals surface area contributed by atoms with Gasteiger partial charge in [-0.05, 0) is 49.4 Å². The molecule has 0 spiro atoms. The van der Waals surface area contributed by atoms with Crippen LogP contribution in [-0.2, 0) is 12.8 Å². The van der Waals surface area contributed by atoms with Gasteiger partial charge >= 0.3 is 0 Å². The third-order valence-corrected chi connectivity index (χ3v) is 6.22. The number of fused-ring (bicyclic) bond motifs is 1. The van der Waals surface area contributed by atoms with Gasteiger partial charge in [0.05, 0.1) is 10.6 Å². The number of aryl methyl sites for hydroxylation is 2. The molecule has 1 aromatic heterocycles. The van der Waals surface area contributed by atoms with Crippen molar-refractivity contribution in [2.45, 2.75) is 25.7 Å². The first-order valence-electron chi connectivity index (χ1n) is 8.66. The molecule has 1 aliphatic carbocycles. The number of rotatable bonds is 2. The van der Waals surface area contributed by atoms with Crippen molar-refractivity contribution in [1.82, 2.24) is 4.90 Å². The van der Waals surface area contributed by atoms with Gasteiger partial charge in [0.1, 0.15) is 5.75 Å². The van der Waals surface area contributed by atoms with Crippen molar-refractivity contribution in [3.63, 3.8) is 0 Å². The van der Waals surface area contributed by atoms with Gasteiger partial charge in [0.2, 0.25) is 0 Å². The molecule has 0 unspecified atom stereocenters. The Morgan fingerprint density at radius 1 is 1.04 bits per heavy atom. The Hall–Kier alpha value is -2.01. The molecule has 2 aromatic rings. The molecule has 2 aliphatic rings. The lowest BCUT2D eigenvalue weighted by Crippen LogP contribution is -2.48. The minimum Gasteiger partial charge on any atom is -0.506 e. The van der Waals surface area contributed by atoms with E-state index < -0.39 is 0 Å². The van der Waals surface area contributed by atoms with E-state index in [-0.39, 0.29) is 5.91 Å². The fraction of sp³-hybridized carbons (Fsp3) is 0.421. The number of hydrogen-bond acceptors (Lipinski definition) is 4. The van der Waals surface area contributed by atoms with Crippen LogP contribution in [0.5, 0.6) is 5.75 Å². The number of anilines is 1. The largest absolute Gasteiger partial charge is 0.506 e. The Balaban J connectivity index is 1.43. The number of nitrogens with zero attached hydrogens (tertiary/aromatic N) is 2. The Morgan fingerprint density at radius 3 is 2.54 bits per heavy atom. The molecule has 0 bridgehead atoms. The van der Waals surface area contributed by atoms with Crippen molar-refractivity contribution in [2.24, 2.45) is 0 Å². The van der Waals surface area contributed by atoms with Gasteiger partial charge in [-0.2, -0.15) is 0 Å². The number of thiophene rings is 1. The van der Waals surface area contributed by atoms with Crippen LogP contribution in [0.15, 0.2) is 30.3 Å². The summed E-state index contributed by atoms with van der Waals surface area (Å²) in [5.41, 5.74) is 2.25. The first-order chi connectivity index (χ1) is 11.7. The van der Waals surface area contributed by atoms with Gasteiger partial charge in [0, 0.05) is 31.1 Å². The minimum atomic E-state index is 0.173. The second-order valence-corrected chi connectivity index (χ2v) is 7.67. The third-order valence-electron chi connectivity index (χ3n) is 5.00. The zero-order chi connectivity index (χ0) is 16.5. The van der Waals surface area contributed by atoms with Crippen LogP contribution >= 0.6 is 11.3 Å². The van der Waals surface area contributed by atoms with E-state index in [2.05, 4.69) is 11.0 Å². The average molecular weight is 342 g/mol. The minimum absolute atomic E-state index is 0.173. The van der Waals surface area contributed by atoms with Crippen LogP contribution in [0.2, 0.25) is 0 Å². The van der Waals surface area contributed by atoms with Gasteiger partial charge in [-0.15, -0.1) is 11.3 Å². The molecule has 4 rings (SSSR count). The molecule has 1 N–H and O–H groups in total. The van der Waals surface area contributed by atoms with E-state index in [0.29, 0.717) is 18.8 Å².